The van der Waals surface area contributed by atoms with Crippen LogP contribution in [0.2, 0.25) is 0 Å². The fourth-order valence-electron chi connectivity index (χ4n) is 1.96. The van der Waals surface area contributed by atoms with Crippen molar-refractivity contribution in [3.63, 3.8) is 0 Å². The third-order valence-corrected chi connectivity index (χ3v) is 3.01. The molecule has 0 N–H and O–H groups in total. The van der Waals surface area contributed by atoms with Crippen molar-refractivity contribution in [1.82, 2.24) is 0 Å². The Morgan fingerprint density at radius 3 is 2.29 bits per heavy atom. The molecule has 0 unspecified atom stereocenters. The van der Waals surface area contributed by atoms with E-state index in [2.05, 4.69) is 16.6 Å². The number of hydrogen-bond donors (Lipinski definition) is 0. The Bertz CT molecular complexity index is 802. The third-order valence-electron chi connectivity index (χ3n) is 3.01. The lowest BCUT2D eigenvalue weighted by Crippen LogP contribution is -2.16. The Labute approximate surface area is 136 Å². The van der Waals surface area contributed by atoms with Gasteiger partial charge in [0.25, 0.3) is 0 Å². The van der Waals surface area contributed by atoms with Crippen molar-refractivity contribution in [2.45, 2.75) is 6.61 Å². The van der Waals surface area contributed by atoms with Crippen molar-refractivity contribution in [3.8, 4) is 17.6 Å². The molecule has 122 valence electrons. The molecule has 0 saturated carbocycles. The molecule has 0 aliphatic heterocycles. The number of halogens is 3. The summed E-state index contributed by atoms with van der Waals surface area (Å²) in [4.78, 5) is 24.6. The van der Waals surface area contributed by atoms with Gasteiger partial charge in [-0.2, -0.15) is 8.78 Å². The molecule has 0 radical (unpaired) electrons. The highest BCUT2D eigenvalue weighted by atomic mass is 19.3. The first-order chi connectivity index (χ1) is 11.5. The van der Waals surface area contributed by atoms with Gasteiger partial charge in [-0.05, 0) is 36.4 Å². The van der Waals surface area contributed by atoms with Crippen molar-refractivity contribution in [2.75, 3.05) is 6.67 Å². The first kappa shape index (κ1) is 17.3. The zero-order valence-corrected chi connectivity index (χ0v) is 12.3. The van der Waals surface area contributed by atoms with Crippen LogP contribution in [0.1, 0.15) is 26.3 Å². The fraction of sp³-hybridized carbons (Fsp3) is 0.111. The number of alkyl halides is 3. The smallest absolute Gasteiger partial charge is 0.387 e. The van der Waals surface area contributed by atoms with Gasteiger partial charge in [0.05, 0.1) is 0 Å². The predicted octanol–water partition coefficient (Wildman–Crippen LogP) is 3.67. The highest BCUT2D eigenvalue weighted by Gasteiger charge is 2.20. The number of benzene rings is 2. The lowest BCUT2D eigenvalue weighted by Gasteiger charge is -2.06. The topological polar surface area (TPSA) is 43.4 Å². The van der Waals surface area contributed by atoms with Crippen LogP contribution >= 0.6 is 0 Å². The second kappa shape index (κ2) is 7.97. The number of Topliss-reactive ketones (excluding diaryl/α,β-unsaturated/α-hetero) is 2. The van der Waals surface area contributed by atoms with Gasteiger partial charge in [-0.1, -0.05) is 24.0 Å². The lowest BCUT2D eigenvalue weighted by atomic mass is 9.97. The zero-order chi connectivity index (χ0) is 17.5. The van der Waals surface area contributed by atoms with Gasteiger partial charge in [0.2, 0.25) is 11.6 Å². The maximum absolute atomic E-state index is 12.3. The highest BCUT2D eigenvalue weighted by Crippen LogP contribution is 2.17. The predicted molar refractivity (Wildman–Crippen MR) is 81.0 cm³/mol. The summed E-state index contributed by atoms with van der Waals surface area (Å²) in [6.45, 7) is -3.85. The quantitative estimate of drug-likeness (QED) is 0.477. The Morgan fingerprint density at radius 1 is 1.00 bits per heavy atom. The first-order valence-corrected chi connectivity index (χ1v) is 6.80. The molecule has 2 rings (SSSR count). The summed E-state index contributed by atoms with van der Waals surface area (Å²) in [7, 11) is 0. The summed E-state index contributed by atoms with van der Waals surface area (Å²) in [6.07, 6.45) is 0. The number of carbonyl (C=O) groups excluding carboxylic acids is 2. The minimum atomic E-state index is -2.98. The normalized spacial score (nSPS) is 10.0. The van der Waals surface area contributed by atoms with Crippen LogP contribution in [-0.4, -0.2) is 24.9 Å². The average molecular weight is 332 g/mol. The number of ether oxygens (including phenoxy) is 1. The average Bonchev–Trinajstić information content (AvgIpc) is 2.59. The molecule has 0 spiro atoms. The van der Waals surface area contributed by atoms with Crippen LogP contribution in [0.3, 0.4) is 0 Å². The lowest BCUT2D eigenvalue weighted by molar-refractivity contribution is -0.0498. The van der Waals surface area contributed by atoms with E-state index in [-0.39, 0.29) is 22.4 Å². The van der Waals surface area contributed by atoms with Crippen LogP contribution < -0.4 is 4.74 Å². The van der Waals surface area contributed by atoms with Crippen molar-refractivity contribution in [2.24, 2.45) is 0 Å². The van der Waals surface area contributed by atoms with E-state index in [1.165, 1.54) is 36.4 Å². The maximum atomic E-state index is 12.3. The van der Waals surface area contributed by atoms with Crippen molar-refractivity contribution >= 4 is 11.6 Å². The van der Waals surface area contributed by atoms with E-state index in [0.717, 1.165) is 0 Å². The molecule has 0 fully saturated rings. The molecular formula is C18H11F3O3. The van der Waals surface area contributed by atoms with E-state index in [1.54, 1.807) is 12.1 Å². The van der Waals surface area contributed by atoms with Gasteiger partial charge in [-0.15, -0.1) is 0 Å². The van der Waals surface area contributed by atoms with E-state index in [1.807, 2.05) is 0 Å². The molecule has 0 amide bonds. The molecule has 0 atom stereocenters. The molecule has 2 aromatic carbocycles. The van der Waals surface area contributed by atoms with E-state index in [9.17, 15) is 22.8 Å². The second-order valence-electron chi connectivity index (χ2n) is 4.54. The Hall–Kier alpha value is -3.07. The molecule has 2 aromatic rings. The van der Waals surface area contributed by atoms with Gasteiger partial charge in [0.1, 0.15) is 5.75 Å². The summed E-state index contributed by atoms with van der Waals surface area (Å²) >= 11 is 0. The molecule has 0 aliphatic carbocycles. The third kappa shape index (κ3) is 4.23. The van der Waals surface area contributed by atoms with E-state index >= 15 is 0 Å². The summed E-state index contributed by atoms with van der Waals surface area (Å²) in [5.74, 6) is 2.91. The van der Waals surface area contributed by atoms with Crippen LogP contribution in [0, 0.1) is 11.8 Å². The van der Waals surface area contributed by atoms with Crippen LogP contribution in [0.4, 0.5) is 13.2 Å². The van der Waals surface area contributed by atoms with Crippen molar-refractivity contribution < 1.29 is 27.5 Å². The van der Waals surface area contributed by atoms with Crippen molar-refractivity contribution in [1.29, 1.82) is 0 Å². The van der Waals surface area contributed by atoms with Gasteiger partial charge < -0.3 is 4.74 Å². The Balaban J connectivity index is 2.25. The largest absolute Gasteiger partial charge is 0.435 e. The maximum Gasteiger partial charge on any atom is 0.387 e. The fourth-order valence-corrected chi connectivity index (χ4v) is 1.96. The molecular weight excluding hydrogens is 321 g/mol. The van der Waals surface area contributed by atoms with Crippen LogP contribution in [0.25, 0.3) is 0 Å². The van der Waals surface area contributed by atoms with Crippen LogP contribution in [0.5, 0.6) is 5.75 Å². The summed E-state index contributed by atoms with van der Waals surface area (Å²) < 4.78 is 40.5. The molecule has 0 aliphatic rings. The Morgan fingerprint density at radius 2 is 1.67 bits per heavy atom. The van der Waals surface area contributed by atoms with E-state index in [4.69, 9.17) is 0 Å². The van der Waals surface area contributed by atoms with Gasteiger partial charge in [0, 0.05) is 16.7 Å². The monoisotopic (exact) mass is 332 g/mol. The summed E-state index contributed by atoms with van der Waals surface area (Å²) in [5, 5.41) is 0. The summed E-state index contributed by atoms with van der Waals surface area (Å²) in [5.41, 5.74) is 0.317. The number of rotatable bonds is 5. The molecule has 3 nitrogen and oxygen atoms in total. The molecule has 0 aromatic heterocycles. The zero-order valence-electron chi connectivity index (χ0n) is 12.3. The standard InChI is InChI=1S/C18H11F3O3/c19-11-3-5-12-4-1-2-6-15(12)17(23)16(22)13-7-9-14(10-8-13)24-18(20)21/h1-2,4,6-10,18H,11H2. The van der Waals surface area contributed by atoms with Crippen LogP contribution in [-0.2, 0) is 0 Å². The van der Waals surface area contributed by atoms with Gasteiger partial charge in [-0.25, -0.2) is 4.39 Å². The van der Waals surface area contributed by atoms with E-state index in [0.29, 0.717) is 0 Å². The van der Waals surface area contributed by atoms with E-state index < -0.39 is 24.9 Å². The molecule has 0 heterocycles. The molecule has 24 heavy (non-hydrogen) atoms. The minimum absolute atomic E-state index is 0.0230. The number of ketones is 2. The molecule has 0 bridgehead atoms. The highest BCUT2D eigenvalue weighted by molar-refractivity contribution is 6.49. The first-order valence-electron chi connectivity index (χ1n) is 6.80. The number of carbonyl (C=O) groups is 2. The molecule has 0 saturated heterocycles. The second-order valence-corrected chi connectivity index (χ2v) is 4.54. The summed E-state index contributed by atoms with van der Waals surface area (Å²) in [6, 6.07) is 10.9. The number of hydrogen-bond acceptors (Lipinski definition) is 3. The SMILES string of the molecule is O=C(C(=O)c1ccccc1C#CCF)c1ccc(OC(F)F)cc1. The minimum Gasteiger partial charge on any atom is -0.435 e. The Kier molecular flexibility index (Phi) is 5.74. The van der Waals surface area contributed by atoms with Gasteiger partial charge >= 0.3 is 6.61 Å². The van der Waals surface area contributed by atoms with Gasteiger partial charge in [0.15, 0.2) is 6.67 Å². The van der Waals surface area contributed by atoms with Gasteiger partial charge in [-0.3, -0.25) is 9.59 Å². The van der Waals surface area contributed by atoms with Crippen molar-refractivity contribution in [3.05, 3.63) is 65.2 Å². The van der Waals surface area contributed by atoms with Crippen LogP contribution in [0.15, 0.2) is 48.5 Å². The molecule has 6 heteroatoms.